The van der Waals surface area contributed by atoms with Crippen molar-refractivity contribution in [3.63, 3.8) is 0 Å². The van der Waals surface area contributed by atoms with Gasteiger partial charge in [-0.05, 0) is 51.7 Å². The third kappa shape index (κ3) is 3.16. The first-order chi connectivity index (χ1) is 9.11. The zero-order valence-corrected chi connectivity index (χ0v) is 12.8. The number of rotatable bonds is 3. The Morgan fingerprint density at radius 3 is 2.35 bits per heavy atom. The van der Waals surface area contributed by atoms with E-state index in [0.29, 0.717) is 5.46 Å². The molecule has 2 rings (SSSR count). The Bertz CT molecular complexity index is 497. The van der Waals surface area contributed by atoms with Crippen molar-refractivity contribution in [2.75, 3.05) is 0 Å². The lowest BCUT2D eigenvalue weighted by atomic mass is 9.79. The molecule has 0 bridgehead atoms. The topological polar surface area (TPSA) is 58.9 Å². The molecule has 0 amide bonds. The van der Waals surface area contributed by atoms with Crippen molar-refractivity contribution < 1.29 is 19.5 Å². The third-order valence-corrected chi connectivity index (χ3v) is 3.76. The largest absolute Gasteiger partial charge is 0.488 e. The van der Waals surface area contributed by atoms with E-state index in [1.54, 1.807) is 18.2 Å². The van der Waals surface area contributed by atoms with Crippen LogP contribution >= 0.6 is 0 Å². The molecule has 2 N–H and O–H groups in total. The molecule has 0 spiro atoms. The summed E-state index contributed by atoms with van der Waals surface area (Å²) in [5.74, 6) is 0.758. The molecule has 0 aliphatic carbocycles. The van der Waals surface area contributed by atoms with Crippen molar-refractivity contribution in [3.8, 4) is 5.75 Å². The van der Waals surface area contributed by atoms with Crippen LogP contribution in [-0.2, 0) is 4.74 Å². The van der Waals surface area contributed by atoms with Crippen LogP contribution < -0.4 is 10.2 Å². The second-order valence-electron chi connectivity index (χ2n) is 6.67. The maximum atomic E-state index is 9.17. The Hall–Kier alpha value is -1.04. The van der Waals surface area contributed by atoms with Gasteiger partial charge in [-0.1, -0.05) is 12.1 Å². The predicted molar refractivity (Wildman–Crippen MR) is 79.3 cm³/mol. The monoisotopic (exact) mass is 278 g/mol. The fourth-order valence-electron chi connectivity index (χ4n) is 2.81. The average Bonchev–Trinajstić information content (AvgIpc) is 2.49. The van der Waals surface area contributed by atoms with Gasteiger partial charge in [-0.2, -0.15) is 0 Å². The van der Waals surface area contributed by atoms with Crippen molar-refractivity contribution in [1.82, 2.24) is 0 Å². The highest BCUT2D eigenvalue weighted by molar-refractivity contribution is 6.58. The Morgan fingerprint density at radius 2 is 1.90 bits per heavy atom. The van der Waals surface area contributed by atoms with Crippen LogP contribution in [0.2, 0.25) is 0 Å². The van der Waals surface area contributed by atoms with Crippen molar-refractivity contribution in [1.29, 1.82) is 0 Å². The second-order valence-corrected chi connectivity index (χ2v) is 6.67. The molecule has 5 heteroatoms. The number of hydrogen-bond donors (Lipinski definition) is 2. The van der Waals surface area contributed by atoms with Crippen LogP contribution in [-0.4, -0.2) is 34.5 Å². The van der Waals surface area contributed by atoms with Gasteiger partial charge in [0.05, 0.1) is 5.60 Å². The molecule has 4 nitrogen and oxygen atoms in total. The smallest absolute Gasteiger partial charge is 0.487 e. The quantitative estimate of drug-likeness (QED) is 0.821. The SMILES string of the molecule is Cc1cc(B(O)O)ccc1OC1CC(C)(C)OC1(C)C. The van der Waals surface area contributed by atoms with Gasteiger partial charge >= 0.3 is 7.12 Å². The molecule has 110 valence electrons. The Labute approximate surface area is 120 Å². The minimum absolute atomic E-state index is 0.0268. The minimum Gasteiger partial charge on any atom is -0.487 e. The zero-order chi connectivity index (χ0) is 15.1. The minimum atomic E-state index is -1.45. The lowest BCUT2D eigenvalue weighted by molar-refractivity contribution is -0.0846. The molecule has 1 unspecified atom stereocenters. The summed E-state index contributed by atoms with van der Waals surface area (Å²) in [7, 11) is -1.45. The maximum Gasteiger partial charge on any atom is 0.488 e. The fourth-order valence-corrected chi connectivity index (χ4v) is 2.81. The first kappa shape index (κ1) is 15.4. The van der Waals surface area contributed by atoms with Crippen molar-refractivity contribution in [2.45, 2.75) is 58.3 Å². The summed E-state index contributed by atoms with van der Waals surface area (Å²) < 4.78 is 12.1. The molecule has 1 heterocycles. The molecule has 1 atom stereocenters. The Balaban J connectivity index is 2.18. The van der Waals surface area contributed by atoms with Gasteiger partial charge in [-0.3, -0.25) is 0 Å². The average molecular weight is 278 g/mol. The van der Waals surface area contributed by atoms with Gasteiger partial charge in [-0.15, -0.1) is 0 Å². The van der Waals surface area contributed by atoms with Crippen LogP contribution in [0.4, 0.5) is 0 Å². The maximum absolute atomic E-state index is 9.17. The highest BCUT2D eigenvalue weighted by atomic mass is 16.6. The van der Waals surface area contributed by atoms with E-state index in [1.165, 1.54) is 0 Å². The summed E-state index contributed by atoms with van der Waals surface area (Å²) in [5, 5.41) is 18.3. The normalized spacial score (nSPS) is 23.6. The first-order valence-corrected chi connectivity index (χ1v) is 6.94. The number of aryl methyl sites for hydroxylation is 1. The number of ether oxygens (including phenoxy) is 2. The third-order valence-electron chi connectivity index (χ3n) is 3.76. The van der Waals surface area contributed by atoms with E-state index in [1.807, 2.05) is 20.8 Å². The predicted octanol–water partition coefficient (Wildman–Crippen LogP) is 1.40. The molecule has 0 saturated carbocycles. The second kappa shape index (κ2) is 5.06. The Morgan fingerprint density at radius 1 is 1.25 bits per heavy atom. The van der Waals surface area contributed by atoms with E-state index in [4.69, 9.17) is 19.5 Å². The van der Waals surface area contributed by atoms with E-state index in [0.717, 1.165) is 17.7 Å². The standard InChI is InChI=1S/C15H23BO4/c1-10-8-11(16(17)18)6-7-12(10)19-13-9-14(2,3)20-15(13,4)5/h6-8,13,17-18H,9H2,1-5H3. The zero-order valence-electron chi connectivity index (χ0n) is 12.8. The van der Waals surface area contributed by atoms with E-state index in [-0.39, 0.29) is 17.3 Å². The van der Waals surface area contributed by atoms with Crippen molar-refractivity contribution in [2.24, 2.45) is 0 Å². The molecule has 1 aliphatic heterocycles. The first-order valence-electron chi connectivity index (χ1n) is 6.94. The Kier molecular flexibility index (Phi) is 3.89. The van der Waals surface area contributed by atoms with Gasteiger partial charge in [-0.25, -0.2) is 0 Å². The summed E-state index contributed by atoms with van der Waals surface area (Å²) in [4.78, 5) is 0. The van der Waals surface area contributed by atoms with E-state index in [9.17, 15) is 0 Å². The molecule has 1 aliphatic rings. The van der Waals surface area contributed by atoms with Gasteiger partial charge in [0, 0.05) is 6.42 Å². The molecule has 1 saturated heterocycles. The summed E-state index contributed by atoms with van der Waals surface area (Å²) in [5.41, 5.74) is 0.822. The highest BCUT2D eigenvalue weighted by Gasteiger charge is 2.47. The van der Waals surface area contributed by atoms with Crippen LogP contribution in [0.25, 0.3) is 0 Å². The fraction of sp³-hybridized carbons (Fsp3) is 0.600. The van der Waals surface area contributed by atoms with Gasteiger partial charge in [0.25, 0.3) is 0 Å². The number of hydrogen-bond acceptors (Lipinski definition) is 4. The highest BCUT2D eigenvalue weighted by Crippen LogP contribution is 2.39. The summed E-state index contributed by atoms with van der Waals surface area (Å²) in [6, 6.07) is 5.18. The molecule has 20 heavy (non-hydrogen) atoms. The number of benzene rings is 1. The van der Waals surface area contributed by atoms with Crippen LogP contribution in [0, 0.1) is 6.92 Å². The van der Waals surface area contributed by atoms with E-state index in [2.05, 4.69) is 13.8 Å². The molecular weight excluding hydrogens is 255 g/mol. The summed E-state index contributed by atoms with van der Waals surface area (Å²) in [6.07, 6.45) is 0.796. The van der Waals surface area contributed by atoms with Crippen molar-refractivity contribution >= 4 is 12.6 Å². The van der Waals surface area contributed by atoms with Crippen molar-refractivity contribution in [3.05, 3.63) is 23.8 Å². The summed E-state index contributed by atoms with van der Waals surface area (Å²) >= 11 is 0. The molecule has 1 fully saturated rings. The lowest BCUT2D eigenvalue weighted by Crippen LogP contribution is -2.37. The molecule has 0 radical (unpaired) electrons. The van der Waals surface area contributed by atoms with Gasteiger partial charge < -0.3 is 19.5 Å². The molecular formula is C15H23BO4. The lowest BCUT2D eigenvalue weighted by Gasteiger charge is -2.28. The summed E-state index contributed by atoms with van der Waals surface area (Å²) in [6.45, 7) is 10.1. The van der Waals surface area contributed by atoms with E-state index < -0.39 is 7.12 Å². The molecule has 1 aromatic rings. The van der Waals surface area contributed by atoms with Crippen LogP contribution in [0.5, 0.6) is 5.75 Å². The molecule has 1 aromatic carbocycles. The van der Waals surface area contributed by atoms with Crippen LogP contribution in [0.3, 0.4) is 0 Å². The van der Waals surface area contributed by atoms with Gasteiger partial charge in [0.1, 0.15) is 17.5 Å². The van der Waals surface area contributed by atoms with Crippen LogP contribution in [0.1, 0.15) is 39.7 Å². The van der Waals surface area contributed by atoms with Gasteiger partial charge in [0.2, 0.25) is 0 Å². The van der Waals surface area contributed by atoms with E-state index >= 15 is 0 Å². The molecule has 0 aromatic heterocycles. The van der Waals surface area contributed by atoms with Gasteiger partial charge in [0.15, 0.2) is 0 Å². The van der Waals surface area contributed by atoms with Crippen LogP contribution in [0.15, 0.2) is 18.2 Å².